The van der Waals surface area contributed by atoms with Crippen LogP contribution in [0, 0.1) is 0 Å². The van der Waals surface area contributed by atoms with Gasteiger partial charge in [-0.2, -0.15) is 0 Å². The topological polar surface area (TPSA) is 73.6 Å². The minimum absolute atomic E-state index is 0.102. The van der Waals surface area contributed by atoms with Crippen molar-refractivity contribution < 1.29 is 19.4 Å². The van der Waals surface area contributed by atoms with E-state index in [0.29, 0.717) is 6.42 Å². The molecule has 25 heavy (non-hydrogen) atoms. The van der Waals surface area contributed by atoms with E-state index in [1.165, 1.54) is 0 Å². The maximum Gasteiger partial charge on any atom is 0.512 e. The first-order chi connectivity index (χ1) is 12.0. The van der Waals surface area contributed by atoms with Crippen LogP contribution in [0.3, 0.4) is 0 Å². The SMILES string of the molecule is CCc1c(OC(=O)O)nn(-c2ccc(OC)cc2)c1-c1ccc(Br)s1. The van der Waals surface area contributed by atoms with Gasteiger partial charge in [0.2, 0.25) is 5.88 Å². The lowest BCUT2D eigenvalue weighted by Crippen LogP contribution is -2.05. The van der Waals surface area contributed by atoms with E-state index in [0.717, 1.165) is 31.4 Å². The number of benzene rings is 1. The molecule has 130 valence electrons. The highest BCUT2D eigenvalue weighted by Crippen LogP contribution is 2.38. The zero-order valence-corrected chi connectivity index (χ0v) is 15.9. The quantitative estimate of drug-likeness (QED) is 0.586. The van der Waals surface area contributed by atoms with Crippen LogP contribution in [0.1, 0.15) is 12.5 Å². The molecular weight excluding hydrogens is 408 g/mol. The Bertz CT molecular complexity index is 902. The maximum atomic E-state index is 11.0. The fourth-order valence-corrected chi connectivity index (χ4v) is 3.96. The van der Waals surface area contributed by atoms with Crippen LogP contribution in [0.2, 0.25) is 0 Å². The lowest BCUT2D eigenvalue weighted by Gasteiger charge is -2.08. The number of rotatable bonds is 5. The van der Waals surface area contributed by atoms with Crippen molar-refractivity contribution in [1.29, 1.82) is 0 Å². The summed E-state index contributed by atoms with van der Waals surface area (Å²) in [7, 11) is 1.60. The Morgan fingerprint density at radius 3 is 2.52 bits per heavy atom. The first kappa shape index (κ1) is 17.5. The predicted molar refractivity (Wildman–Crippen MR) is 99.2 cm³/mol. The van der Waals surface area contributed by atoms with E-state index in [4.69, 9.17) is 14.6 Å². The van der Waals surface area contributed by atoms with Gasteiger partial charge in [0.15, 0.2) is 0 Å². The van der Waals surface area contributed by atoms with E-state index in [-0.39, 0.29) is 5.88 Å². The third-order valence-corrected chi connectivity index (χ3v) is 5.24. The molecule has 0 saturated carbocycles. The molecule has 0 atom stereocenters. The first-order valence-corrected chi connectivity index (χ1v) is 9.07. The summed E-state index contributed by atoms with van der Waals surface area (Å²) in [6, 6.07) is 11.3. The summed E-state index contributed by atoms with van der Waals surface area (Å²) in [6.45, 7) is 1.94. The number of carboxylic acid groups (broad SMARTS) is 1. The number of hydrogen-bond acceptors (Lipinski definition) is 5. The van der Waals surface area contributed by atoms with Gasteiger partial charge in [-0.05, 0) is 58.7 Å². The normalized spacial score (nSPS) is 10.7. The molecule has 0 bridgehead atoms. The molecular formula is C17H15BrN2O4S. The first-order valence-electron chi connectivity index (χ1n) is 7.46. The average Bonchev–Trinajstić information content (AvgIpc) is 3.17. The average molecular weight is 423 g/mol. The number of thiophene rings is 1. The minimum Gasteiger partial charge on any atom is -0.497 e. The predicted octanol–water partition coefficient (Wildman–Crippen LogP) is 4.99. The molecule has 0 aliphatic heterocycles. The molecule has 1 aromatic carbocycles. The van der Waals surface area contributed by atoms with Crippen molar-refractivity contribution in [3.63, 3.8) is 0 Å². The number of aromatic nitrogens is 2. The van der Waals surface area contributed by atoms with Crippen molar-refractivity contribution >= 4 is 33.4 Å². The molecule has 0 radical (unpaired) electrons. The molecule has 1 N–H and O–H groups in total. The van der Waals surface area contributed by atoms with Crippen LogP contribution in [0.25, 0.3) is 16.3 Å². The van der Waals surface area contributed by atoms with Crippen LogP contribution in [0.5, 0.6) is 11.6 Å². The molecule has 2 heterocycles. The molecule has 8 heteroatoms. The molecule has 0 saturated heterocycles. The van der Waals surface area contributed by atoms with Crippen LogP contribution in [0.15, 0.2) is 40.2 Å². The van der Waals surface area contributed by atoms with Crippen LogP contribution >= 0.6 is 27.3 Å². The smallest absolute Gasteiger partial charge is 0.497 e. The molecule has 3 aromatic rings. The van der Waals surface area contributed by atoms with Gasteiger partial charge in [-0.1, -0.05) is 6.92 Å². The Kier molecular flexibility index (Phi) is 5.10. The van der Waals surface area contributed by atoms with Crippen LogP contribution in [0.4, 0.5) is 4.79 Å². The van der Waals surface area contributed by atoms with Gasteiger partial charge >= 0.3 is 6.16 Å². The molecule has 0 aliphatic carbocycles. The molecule has 0 unspecified atom stereocenters. The van der Waals surface area contributed by atoms with E-state index < -0.39 is 6.16 Å². The number of carbonyl (C=O) groups is 1. The van der Waals surface area contributed by atoms with Gasteiger partial charge < -0.3 is 14.6 Å². The Labute approximate surface area is 156 Å². The molecule has 3 rings (SSSR count). The van der Waals surface area contributed by atoms with Gasteiger partial charge in [0.05, 0.1) is 27.2 Å². The number of halogens is 1. The summed E-state index contributed by atoms with van der Waals surface area (Å²) >= 11 is 5.02. The summed E-state index contributed by atoms with van der Waals surface area (Å²) in [4.78, 5) is 12.0. The highest BCUT2D eigenvalue weighted by Gasteiger charge is 2.23. The van der Waals surface area contributed by atoms with Crippen molar-refractivity contribution in [2.75, 3.05) is 7.11 Å². The fourth-order valence-electron chi connectivity index (χ4n) is 2.52. The van der Waals surface area contributed by atoms with Gasteiger partial charge in [0, 0.05) is 5.56 Å². The van der Waals surface area contributed by atoms with Crippen molar-refractivity contribution in [2.45, 2.75) is 13.3 Å². The minimum atomic E-state index is -1.38. The third kappa shape index (κ3) is 3.54. The second kappa shape index (κ2) is 7.28. The summed E-state index contributed by atoms with van der Waals surface area (Å²) in [6.07, 6.45) is -0.795. The van der Waals surface area contributed by atoms with Gasteiger partial charge in [-0.15, -0.1) is 16.4 Å². The standard InChI is InChI=1S/C17H15BrN2O4S/c1-3-12-15(13-8-9-14(18)25-13)20(19-16(12)24-17(21)22)10-4-6-11(23-2)7-5-10/h4-9H,3H2,1-2H3,(H,21,22). The van der Waals surface area contributed by atoms with E-state index in [9.17, 15) is 4.79 Å². The largest absolute Gasteiger partial charge is 0.512 e. The van der Waals surface area contributed by atoms with Crippen molar-refractivity contribution in [2.24, 2.45) is 0 Å². The Balaban J connectivity index is 2.20. The van der Waals surface area contributed by atoms with Crippen molar-refractivity contribution in [3.8, 4) is 27.9 Å². The molecule has 0 fully saturated rings. The summed E-state index contributed by atoms with van der Waals surface area (Å²) in [5, 5.41) is 13.4. The third-order valence-electron chi connectivity index (χ3n) is 3.61. The van der Waals surface area contributed by atoms with Gasteiger partial charge in [-0.3, -0.25) is 0 Å². The van der Waals surface area contributed by atoms with E-state index in [1.807, 2.05) is 43.3 Å². The van der Waals surface area contributed by atoms with Crippen LogP contribution < -0.4 is 9.47 Å². The number of hydrogen-bond donors (Lipinski definition) is 1. The second-order valence-corrected chi connectivity index (χ2v) is 7.53. The molecule has 0 amide bonds. The molecule has 6 nitrogen and oxygen atoms in total. The zero-order chi connectivity index (χ0) is 18.0. The number of nitrogens with zero attached hydrogens (tertiary/aromatic N) is 2. The van der Waals surface area contributed by atoms with Gasteiger partial charge in [0.1, 0.15) is 5.75 Å². The van der Waals surface area contributed by atoms with Crippen molar-refractivity contribution in [1.82, 2.24) is 9.78 Å². The van der Waals surface area contributed by atoms with Crippen LogP contribution in [-0.4, -0.2) is 28.2 Å². The van der Waals surface area contributed by atoms with Crippen LogP contribution in [-0.2, 0) is 6.42 Å². The lowest BCUT2D eigenvalue weighted by molar-refractivity contribution is 0.142. The maximum absolute atomic E-state index is 11.0. The Hall–Kier alpha value is -2.32. The zero-order valence-electron chi connectivity index (χ0n) is 13.5. The Morgan fingerprint density at radius 2 is 2.00 bits per heavy atom. The summed E-state index contributed by atoms with van der Waals surface area (Å²) in [5.41, 5.74) is 2.35. The molecule has 2 aromatic heterocycles. The van der Waals surface area contributed by atoms with E-state index >= 15 is 0 Å². The van der Waals surface area contributed by atoms with E-state index in [1.54, 1.807) is 23.1 Å². The lowest BCUT2D eigenvalue weighted by atomic mass is 10.1. The monoisotopic (exact) mass is 422 g/mol. The van der Waals surface area contributed by atoms with Gasteiger partial charge in [-0.25, -0.2) is 9.48 Å². The number of methoxy groups -OCH3 is 1. The highest BCUT2D eigenvalue weighted by molar-refractivity contribution is 9.11. The van der Waals surface area contributed by atoms with E-state index in [2.05, 4.69) is 21.0 Å². The summed E-state index contributed by atoms with van der Waals surface area (Å²) < 4.78 is 12.8. The summed E-state index contributed by atoms with van der Waals surface area (Å²) in [5.74, 6) is 0.833. The highest BCUT2D eigenvalue weighted by atomic mass is 79.9. The fraction of sp³-hybridized carbons (Fsp3) is 0.176. The van der Waals surface area contributed by atoms with Gasteiger partial charge in [0.25, 0.3) is 0 Å². The molecule has 0 spiro atoms. The molecule has 0 aliphatic rings. The number of ether oxygens (including phenoxy) is 2. The Morgan fingerprint density at radius 1 is 1.28 bits per heavy atom. The second-order valence-electron chi connectivity index (χ2n) is 5.07. The van der Waals surface area contributed by atoms with Crippen molar-refractivity contribution in [3.05, 3.63) is 45.7 Å².